The Morgan fingerprint density at radius 2 is 1.90 bits per heavy atom. The van der Waals surface area contributed by atoms with Crippen LogP contribution in [0.2, 0.25) is 5.28 Å². The summed E-state index contributed by atoms with van der Waals surface area (Å²) in [5.74, 6) is -0.112. The zero-order valence-corrected chi connectivity index (χ0v) is 23.3. The van der Waals surface area contributed by atoms with Crippen molar-refractivity contribution in [3.8, 4) is 0 Å². The summed E-state index contributed by atoms with van der Waals surface area (Å²) in [5, 5.41) is -0.0644. The fourth-order valence-electron chi connectivity index (χ4n) is 6.16. The molecule has 2 bridgehead atoms. The zero-order chi connectivity index (χ0) is 28.9. The molecule has 3 atom stereocenters. The molecule has 0 radical (unpaired) electrons. The molecule has 3 aromatic heterocycles. The summed E-state index contributed by atoms with van der Waals surface area (Å²) in [7, 11) is 0. The molecule has 4 fully saturated rings. The van der Waals surface area contributed by atoms with Crippen molar-refractivity contribution in [3.63, 3.8) is 0 Å². The molecule has 0 spiro atoms. The minimum Gasteiger partial charge on any atom is -0.462 e. The van der Waals surface area contributed by atoms with Crippen molar-refractivity contribution in [2.75, 3.05) is 12.3 Å². The number of fused-ring (bicyclic) bond motifs is 4. The van der Waals surface area contributed by atoms with Crippen molar-refractivity contribution in [2.24, 2.45) is 11.3 Å². The Hall–Kier alpha value is -3.65. The fraction of sp³-hybridized carbons (Fsp3) is 0.615. The van der Waals surface area contributed by atoms with Crippen LogP contribution >= 0.6 is 11.6 Å². The summed E-state index contributed by atoms with van der Waals surface area (Å²) in [5.41, 5.74) is 4.90. The van der Waals surface area contributed by atoms with E-state index in [0.717, 1.165) is 38.5 Å². The maximum Gasteiger partial charge on any atom is 0.519 e. The topological polar surface area (TPSA) is 184 Å². The quantitative estimate of drug-likeness (QED) is 0.309. The van der Waals surface area contributed by atoms with Crippen LogP contribution in [0, 0.1) is 18.3 Å². The number of aromatic nitrogens is 4. The number of esters is 1. The number of hydrogen-bond acceptors (Lipinski definition) is 13. The summed E-state index contributed by atoms with van der Waals surface area (Å²) in [4.78, 5) is 49.8. The van der Waals surface area contributed by atoms with Gasteiger partial charge in [0.25, 0.3) is 0 Å². The molecular weight excluding hydrogens is 562 g/mol. The van der Waals surface area contributed by atoms with Gasteiger partial charge < -0.3 is 33.5 Å². The second-order valence-corrected chi connectivity index (χ2v) is 11.6. The van der Waals surface area contributed by atoms with Gasteiger partial charge in [0.05, 0.1) is 11.7 Å². The lowest BCUT2D eigenvalue weighted by Crippen LogP contribution is -2.47. The van der Waals surface area contributed by atoms with Gasteiger partial charge in [-0.25, -0.2) is 14.6 Å². The molecule has 1 saturated heterocycles. The number of anilines is 1. The smallest absolute Gasteiger partial charge is 0.462 e. The van der Waals surface area contributed by atoms with Gasteiger partial charge in [-0.15, -0.1) is 0 Å². The monoisotopic (exact) mass is 591 g/mol. The first-order chi connectivity index (χ1) is 19.5. The lowest BCUT2D eigenvalue weighted by atomic mass is 9.61. The number of ether oxygens (including phenoxy) is 4. The van der Waals surface area contributed by atoms with Crippen LogP contribution in [0.5, 0.6) is 0 Å². The van der Waals surface area contributed by atoms with Crippen molar-refractivity contribution in [3.05, 3.63) is 33.7 Å². The van der Waals surface area contributed by atoms with E-state index in [4.69, 9.17) is 45.1 Å². The number of halogens is 1. The Balaban J connectivity index is 1.21. The first-order valence-electron chi connectivity index (χ1n) is 13.5. The predicted molar refractivity (Wildman–Crippen MR) is 140 cm³/mol. The first-order valence-corrected chi connectivity index (χ1v) is 13.9. The molecule has 14 nitrogen and oxygen atoms in total. The summed E-state index contributed by atoms with van der Waals surface area (Å²) >= 11 is 6.04. The number of imidazole rings is 1. The van der Waals surface area contributed by atoms with Gasteiger partial charge >= 0.3 is 17.9 Å². The van der Waals surface area contributed by atoms with Gasteiger partial charge in [0.2, 0.25) is 5.28 Å². The van der Waals surface area contributed by atoms with Gasteiger partial charge in [0.1, 0.15) is 30.1 Å². The van der Waals surface area contributed by atoms with E-state index in [9.17, 15) is 14.4 Å². The minimum absolute atomic E-state index is 0.0599. The molecule has 1 aliphatic heterocycles. The third-order valence-corrected chi connectivity index (χ3v) is 8.81. The van der Waals surface area contributed by atoms with Crippen LogP contribution in [0.3, 0.4) is 0 Å². The van der Waals surface area contributed by atoms with Crippen molar-refractivity contribution in [2.45, 2.75) is 83.3 Å². The van der Waals surface area contributed by atoms with Crippen molar-refractivity contribution >= 4 is 40.7 Å². The fourth-order valence-corrected chi connectivity index (χ4v) is 6.33. The van der Waals surface area contributed by atoms with Crippen LogP contribution in [0.25, 0.3) is 11.2 Å². The SMILES string of the molecule is Cc1oc(=O)oc1COC(=O)O[C@H]1C[C@H](n2cnc3c(N)nc(Cl)nc32)O[C@]1(C)COC(=O)C12CCC(CC1)CC2. The zero-order valence-electron chi connectivity index (χ0n) is 22.6. The molecule has 7 rings (SSSR count). The van der Waals surface area contributed by atoms with Crippen LogP contribution < -0.4 is 11.6 Å². The lowest BCUT2D eigenvalue weighted by Gasteiger charge is -2.44. The standard InChI is InChI=1S/C26H30ClN5O9/c1-13-15(39-24(35)38-13)10-36-23(34)40-16-9-17(32-12-29-18-19(28)30-22(27)31-20(18)32)41-25(16,2)11-37-21(33)26-6-3-14(4-7-26)5-8-26/h12,14,16-17H,3-11H2,1-2H3,(H2,28,30,31)/t14?,16-,17+,25+,26?/m0/s1. The van der Waals surface area contributed by atoms with E-state index in [0.29, 0.717) is 17.1 Å². The van der Waals surface area contributed by atoms with E-state index < -0.39 is 35.3 Å². The average molecular weight is 592 g/mol. The van der Waals surface area contributed by atoms with Crippen molar-refractivity contribution in [1.82, 2.24) is 19.5 Å². The van der Waals surface area contributed by atoms with E-state index in [1.54, 1.807) is 11.5 Å². The molecule has 0 amide bonds. The Morgan fingerprint density at radius 3 is 2.59 bits per heavy atom. The lowest BCUT2D eigenvalue weighted by molar-refractivity contribution is -0.179. The highest BCUT2D eigenvalue weighted by Crippen LogP contribution is 2.51. The molecule has 220 valence electrons. The number of hydrogen-bond donors (Lipinski definition) is 1. The summed E-state index contributed by atoms with van der Waals surface area (Å²) < 4.78 is 34.4. The maximum atomic E-state index is 13.3. The second kappa shape index (κ2) is 10.3. The molecular formula is C26H30ClN5O9. The number of carbonyl (C=O) groups is 2. The van der Waals surface area contributed by atoms with E-state index in [1.165, 1.54) is 13.3 Å². The third-order valence-electron chi connectivity index (χ3n) is 8.64. The molecule has 15 heteroatoms. The molecule has 4 aliphatic rings. The highest BCUT2D eigenvalue weighted by atomic mass is 35.5. The number of nitrogens with two attached hydrogens (primary N) is 1. The Morgan fingerprint density at radius 1 is 1.17 bits per heavy atom. The van der Waals surface area contributed by atoms with Gasteiger partial charge in [-0.05, 0) is 69.9 Å². The molecule has 3 saturated carbocycles. The van der Waals surface area contributed by atoms with Crippen LogP contribution in [0.15, 0.2) is 20.0 Å². The van der Waals surface area contributed by atoms with Crippen molar-refractivity contribution < 1.29 is 37.4 Å². The van der Waals surface area contributed by atoms with Gasteiger partial charge in [-0.1, -0.05) is 0 Å². The highest BCUT2D eigenvalue weighted by molar-refractivity contribution is 6.28. The molecule has 0 unspecified atom stereocenters. The number of nitrogen functional groups attached to an aromatic ring is 1. The van der Waals surface area contributed by atoms with E-state index >= 15 is 0 Å². The van der Waals surface area contributed by atoms with Crippen LogP contribution in [-0.4, -0.2) is 50.0 Å². The highest BCUT2D eigenvalue weighted by Gasteiger charge is 2.52. The van der Waals surface area contributed by atoms with Crippen LogP contribution in [0.4, 0.5) is 10.6 Å². The largest absolute Gasteiger partial charge is 0.519 e. The third kappa shape index (κ3) is 5.14. The van der Waals surface area contributed by atoms with Crippen LogP contribution in [0.1, 0.15) is 69.6 Å². The summed E-state index contributed by atoms with van der Waals surface area (Å²) in [6.45, 7) is 2.67. The van der Waals surface area contributed by atoms with Gasteiger partial charge in [-0.3, -0.25) is 9.36 Å². The Bertz CT molecular complexity index is 1530. The normalized spacial score (nSPS) is 29.1. The molecule has 41 heavy (non-hydrogen) atoms. The number of carbonyl (C=O) groups excluding carboxylic acids is 2. The number of aryl methyl sites for hydroxylation is 1. The second-order valence-electron chi connectivity index (χ2n) is 11.2. The number of rotatable bonds is 7. The van der Waals surface area contributed by atoms with E-state index in [1.807, 2.05) is 0 Å². The van der Waals surface area contributed by atoms with Gasteiger partial charge in [0.15, 0.2) is 29.6 Å². The molecule has 3 aromatic rings. The van der Waals surface area contributed by atoms with Crippen molar-refractivity contribution in [1.29, 1.82) is 0 Å². The average Bonchev–Trinajstić information content (AvgIpc) is 3.61. The molecule has 0 aromatic carbocycles. The minimum atomic E-state index is -1.25. The predicted octanol–water partition coefficient (Wildman–Crippen LogP) is 3.83. The summed E-state index contributed by atoms with van der Waals surface area (Å²) in [6, 6.07) is 0. The van der Waals surface area contributed by atoms with Gasteiger partial charge in [0, 0.05) is 6.42 Å². The van der Waals surface area contributed by atoms with Crippen LogP contribution in [-0.2, 0) is 30.3 Å². The summed E-state index contributed by atoms with van der Waals surface area (Å²) in [6.07, 6.45) is 4.48. The van der Waals surface area contributed by atoms with E-state index in [2.05, 4.69) is 15.0 Å². The molecule has 2 N–H and O–H groups in total. The maximum absolute atomic E-state index is 13.3. The Labute approximate surface area is 238 Å². The first kappa shape index (κ1) is 27.5. The molecule has 3 aliphatic carbocycles. The number of nitrogens with zero attached hydrogens (tertiary/aromatic N) is 4. The van der Waals surface area contributed by atoms with Gasteiger partial charge in [-0.2, -0.15) is 9.97 Å². The van der Waals surface area contributed by atoms with E-state index in [-0.39, 0.29) is 48.2 Å². The Kier molecular flexibility index (Phi) is 6.92. The molecule has 4 heterocycles.